The molecule has 0 fully saturated rings. The number of benzene rings is 1. The summed E-state index contributed by atoms with van der Waals surface area (Å²) in [6.07, 6.45) is 0. The maximum absolute atomic E-state index is 3.41. The van der Waals surface area contributed by atoms with Crippen LogP contribution in [0.25, 0.3) is 0 Å². The lowest BCUT2D eigenvalue weighted by Crippen LogP contribution is -2.24. The molecule has 0 aromatic heterocycles. The van der Waals surface area contributed by atoms with Gasteiger partial charge in [0.05, 0.1) is 0 Å². The molecule has 2 heteroatoms. The molecule has 1 N–H and O–H groups in total. The van der Waals surface area contributed by atoms with E-state index in [1.54, 1.807) is 0 Å². The molecule has 0 unspecified atom stereocenters. The Hall–Kier alpha value is -0.470. The summed E-state index contributed by atoms with van der Waals surface area (Å²) >= 11 is 1.91. The van der Waals surface area contributed by atoms with Gasteiger partial charge in [-0.25, -0.2) is 0 Å². The molecule has 0 saturated carbocycles. The highest BCUT2D eigenvalue weighted by molar-refractivity contribution is 7.99. The Morgan fingerprint density at radius 2 is 2.14 bits per heavy atom. The highest BCUT2D eigenvalue weighted by Gasteiger charge is 1.95. The summed E-state index contributed by atoms with van der Waals surface area (Å²) in [7, 11) is 0. The number of aryl methyl sites for hydroxylation is 1. The summed E-state index contributed by atoms with van der Waals surface area (Å²) in [4.78, 5) is 1.37. The zero-order chi connectivity index (χ0) is 10.4. The van der Waals surface area contributed by atoms with Gasteiger partial charge in [-0.05, 0) is 19.1 Å². The Kier molecular flexibility index (Phi) is 5.05. The van der Waals surface area contributed by atoms with Crippen molar-refractivity contribution in [1.29, 1.82) is 0 Å². The molecule has 0 amide bonds. The van der Waals surface area contributed by atoms with Crippen LogP contribution in [-0.4, -0.2) is 18.3 Å². The summed E-state index contributed by atoms with van der Waals surface area (Å²) in [5.41, 5.74) is 1.34. The summed E-state index contributed by atoms with van der Waals surface area (Å²) in [6, 6.07) is 9.25. The van der Waals surface area contributed by atoms with Crippen molar-refractivity contribution in [2.45, 2.75) is 31.7 Å². The summed E-state index contributed by atoms with van der Waals surface area (Å²) in [5.74, 6) is 1.14. The van der Waals surface area contributed by atoms with Gasteiger partial charge in [-0.3, -0.25) is 0 Å². The van der Waals surface area contributed by atoms with Crippen molar-refractivity contribution in [1.82, 2.24) is 5.32 Å². The van der Waals surface area contributed by atoms with Crippen molar-refractivity contribution in [3.63, 3.8) is 0 Å². The molecule has 1 rings (SSSR count). The molecule has 14 heavy (non-hydrogen) atoms. The number of hydrogen-bond donors (Lipinski definition) is 1. The first-order valence-corrected chi connectivity index (χ1v) is 6.10. The Labute approximate surface area is 91.3 Å². The maximum atomic E-state index is 3.41. The second-order valence-electron chi connectivity index (χ2n) is 3.77. The van der Waals surface area contributed by atoms with Crippen LogP contribution in [0.1, 0.15) is 19.4 Å². The van der Waals surface area contributed by atoms with Gasteiger partial charge in [-0.2, -0.15) is 0 Å². The summed E-state index contributed by atoms with van der Waals surface area (Å²) < 4.78 is 0. The fourth-order valence-corrected chi connectivity index (χ4v) is 2.12. The Morgan fingerprint density at radius 1 is 1.36 bits per heavy atom. The van der Waals surface area contributed by atoms with Crippen LogP contribution >= 0.6 is 11.8 Å². The number of hydrogen-bond acceptors (Lipinski definition) is 2. The predicted octanol–water partition coefficient (Wildman–Crippen LogP) is 3.09. The van der Waals surface area contributed by atoms with Crippen LogP contribution in [0.5, 0.6) is 0 Å². The standard InChI is InChI=1S/C12H19NS/c1-10(2)13-7-8-14-12-6-4-5-11(3)9-12/h4-6,9-10,13H,7-8H2,1-3H3. The third-order valence-corrected chi connectivity index (χ3v) is 2.91. The molecule has 0 radical (unpaired) electrons. The molecule has 1 aromatic rings. The van der Waals surface area contributed by atoms with Crippen LogP contribution in [0.15, 0.2) is 29.2 Å². The van der Waals surface area contributed by atoms with E-state index >= 15 is 0 Å². The number of nitrogens with one attached hydrogen (secondary N) is 1. The minimum absolute atomic E-state index is 0.591. The Bertz CT molecular complexity index is 271. The quantitative estimate of drug-likeness (QED) is 0.591. The molecular weight excluding hydrogens is 190 g/mol. The smallest absolute Gasteiger partial charge is 0.0106 e. The largest absolute Gasteiger partial charge is 0.314 e. The number of thioether (sulfide) groups is 1. The topological polar surface area (TPSA) is 12.0 Å². The van der Waals surface area contributed by atoms with Gasteiger partial charge < -0.3 is 5.32 Å². The number of rotatable bonds is 5. The molecule has 1 aromatic carbocycles. The van der Waals surface area contributed by atoms with E-state index in [9.17, 15) is 0 Å². The van der Waals surface area contributed by atoms with E-state index in [2.05, 4.69) is 50.4 Å². The second kappa shape index (κ2) is 6.10. The Morgan fingerprint density at radius 3 is 2.79 bits per heavy atom. The first kappa shape index (κ1) is 11.6. The third kappa shape index (κ3) is 4.68. The molecule has 0 saturated heterocycles. The average molecular weight is 209 g/mol. The van der Waals surface area contributed by atoms with Gasteiger partial charge in [-0.15, -0.1) is 11.8 Å². The fraction of sp³-hybridized carbons (Fsp3) is 0.500. The van der Waals surface area contributed by atoms with Crippen LogP contribution in [-0.2, 0) is 0 Å². The highest BCUT2D eigenvalue weighted by atomic mass is 32.2. The molecule has 78 valence electrons. The normalized spacial score (nSPS) is 10.9. The second-order valence-corrected chi connectivity index (χ2v) is 4.94. The molecule has 0 aliphatic rings. The molecular formula is C12H19NS. The van der Waals surface area contributed by atoms with E-state index in [0.717, 1.165) is 12.3 Å². The van der Waals surface area contributed by atoms with Crippen LogP contribution in [0, 0.1) is 6.92 Å². The van der Waals surface area contributed by atoms with E-state index in [-0.39, 0.29) is 0 Å². The van der Waals surface area contributed by atoms with Crippen molar-refractivity contribution >= 4 is 11.8 Å². The van der Waals surface area contributed by atoms with E-state index in [1.807, 2.05) is 11.8 Å². The van der Waals surface area contributed by atoms with Crippen LogP contribution in [0.4, 0.5) is 0 Å². The van der Waals surface area contributed by atoms with Crippen LogP contribution < -0.4 is 5.32 Å². The first-order chi connectivity index (χ1) is 6.68. The predicted molar refractivity (Wildman–Crippen MR) is 65.0 cm³/mol. The van der Waals surface area contributed by atoms with Crippen molar-refractivity contribution in [2.75, 3.05) is 12.3 Å². The van der Waals surface area contributed by atoms with Gasteiger partial charge in [0.1, 0.15) is 0 Å². The van der Waals surface area contributed by atoms with Crippen molar-refractivity contribution in [3.8, 4) is 0 Å². The first-order valence-electron chi connectivity index (χ1n) is 5.11. The lowest BCUT2D eigenvalue weighted by atomic mass is 10.2. The lowest BCUT2D eigenvalue weighted by molar-refractivity contribution is 0.616. The van der Waals surface area contributed by atoms with Crippen LogP contribution in [0.2, 0.25) is 0 Å². The van der Waals surface area contributed by atoms with E-state index < -0.39 is 0 Å². The fourth-order valence-electron chi connectivity index (χ4n) is 1.22. The van der Waals surface area contributed by atoms with Gasteiger partial charge in [0.25, 0.3) is 0 Å². The summed E-state index contributed by atoms with van der Waals surface area (Å²) in [6.45, 7) is 7.57. The van der Waals surface area contributed by atoms with E-state index in [0.29, 0.717) is 6.04 Å². The monoisotopic (exact) mass is 209 g/mol. The van der Waals surface area contributed by atoms with Crippen LogP contribution in [0.3, 0.4) is 0 Å². The minimum atomic E-state index is 0.591. The van der Waals surface area contributed by atoms with Gasteiger partial charge in [0, 0.05) is 23.2 Å². The van der Waals surface area contributed by atoms with E-state index in [4.69, 9.17) is 0 Å². The molecule has 1 nitrogen and oxygen atoms in total. The Balaban J connectivity index is 2.25. The lowest BCUT2D eigenvalue weighted by Gasteiger charge is -2.07. The molecule has 0 heterocycles. The molecule has 0 bridgehead atoms. The van der Waals surface area contributed by atoms with Crippen molar-refractivity contribution in [2.24, 2.45) is 0 Å². The molecule has 0 spiro atoms. The SMILES string of the molecule is Cc1cccc(SCCNC(C)C)c1. The van der Waals surface area contributed by atoms with E-state index in [1.165, 1.54) is 10.5 Å². The minimum Gasteiger partial charge on any atom is -0.314 e. The van der Waals surface area contributed by atoms with Gasteiger partial charge in [0.15, 0.2) is 0 Å². The average Bonchev–Trinajstić information content (AvgIpc) is 2.12. The molecule has 0 aliphatic heterocycles. The van der Waals surface area contributed by atoms with Crippen molar-refractivity contribution < 1.29 is 0 Å². The van der Waals surface area contributed by atoms with Crippen molar-refractivity contribution in [3.05, 3.63) is 29.8 Å². The molecule has 0 atom stereocenters. The maximum Gasteiger partial charge on any atom is 0.0106 e. The third-order valence-electron chi connectivity index (χ3n) is 1.91. The van der Waals surface area contributed by atoms with Gasteiger partial charge >= 0.3 is 0 Å². The molecule has 0 aliphatic carbocycles. The van der Waals surface area contributed by atoms with Gasteiger partial charge in [-0.1, -0.05) is 31.5 Å². The highest BCUT2D eigenvalue weighted by Crippen LogP contribution is 2.17. The van der Waals surface area contributed by atoms with Gasteiger partial charge in [0.2, 0.25) is 0 Å². The zero-order valence-corrected chi connectivity index (χ0v) is 10.0. The zero-order valence-electron chi connectivity index (χ0n) is 9.21. The summed E-state index contributed by atoms with van der Waals surface area (Å²) in [5, 5.41) is 3.41.